The monoisotopic (exact) mass is 407 g/mol. The predicted octanol–water partition coefficient (Wildman–Crippen LogP) is 2.77. The van der Waals surface area contributed by atoms with E-state index < -0.39 is 10.0 Å². The first-order chi connectivity index (χ1) is 13.1. The molecule has 0 spiro atoms. The van der Waals surface area contributed by atoms with E-state index in [-0.39, 0.29) is 0 Å². The number of benzene rings is 2. The van der Waals surface area contributed by atoms with Crippen LogP contribution in [0, 0.1) is 0 Å². The highest BCUT2D eigenvalue weighted by Gasteiger charge is 2.26. The van der Waals surface area contributed by atoms with Gasteiger partial charge in [0.25, 0.3) is 0 Å². The van der Waals surface area contributed by atoms with E-state index >= 15 is 0 Å². The van der Waals surface area contributed by atoms with Crippen LogP contribution in [0.4, 0.5) is 0 Å². The maximum Gasteiger partial charge on any atom is 0.243 e. The van der Waals surface area contributed by atoms with Gasteiger partial charge in [0.1, 0.15) is 13.2 Å². The summed E-state index contributed by atoms with van der Waals surface area (Å²) in [5.74, 6) is 2.20. The lowest BCUT2D eigenvalue weighted by Gasteiger charge is -2.26. The van der Waals surface area contributed by atoms with E-state index in [1.165, 1.54) is 4.31 Å². The van der Waals surface area contributed by atoms with Crippen molar-refractivity contribution in [2.45, 2.75) is 15.5 Å². The fourth-order valence-electron chi connectivity index (χ4n) is 3.01. The van der Waals surface area contributed by atoms with E-state index in [0.717, 1.165) is 22.0 Å². The van der Waals surface area contributed by atoms with Gasteiger partial charge in [0.2, 0.25) is 10.0 Å². The van der Waals surface area contributed by atoms with E-state index in [2.05, 4.69) is 0 Å². The smallest absolute Gasteiger partial charge is 0.243 e. The van der Waals surface area contributed by atoms with E-state index in [0.29, 0.717) is 50.2 Å². The minimum atomic E-state index is -3.47. The summed E-state index contributed by atoms with van der Waals surface area (Å²) in [4.78, 5) is 1.39. The molecule has 8 heteroatoms. The number of ether oxygens (including phenoxy) is 3. The molecule has 0 bridgehead atoms. The Labute approximate surface area is 163 Å². The van der Waals surface area contributed by atoms with Gasteiger partial charge in [-0.25, -0.2) is 8.42 Å². The van der Waals surface area contributed by atoms with Gasteiger partial charge in [-0.2, -0.15) is 4.31 Å². The summed E-state index contributed by atoms with van der Waals surface area (Å²) in [5.41, 5.74) is 0.962. The number of sulfonamides is 1. The molecule has 2 aliphatic heterocycles. The minimum absolute atomic E-state index is 0.338. The van der Waals surface area contributed by atoms with Gasteiger partial charge >= 0.3 is 0 Å². The van der Waals surface area contributed by atoms with E-state index in [9.17, 15) is 8.42 Å². The van der Waals surface area contributed by atoms with Crippen LogP contribution in [0.25, 0.3) is 0 Å². The molecule has 2 aromatic carbocycles. The molecule has 2 heterocycles. The van der Waals surface area contributed by atoms with Crippen molar-refractivity contribution in [3.8, 4) is 11.5 Å². The topological polar surface area (TPSA) is 65.1 Å². The number of hydrogen-bond acceptors (Lipinski definition) is 6. The van der Waals surface area contributed by atoms with Gasteiger partial charge in [-0.3, -0.25) is 0 Å². The summed E-state index contributed by atoms with van der Waals surface area (Å²) in [6.45, 7) is 2.82. The quantitative estimate of drug-likeness (QED) is 0.710. The molecule has 4 rings (SSSR count). The molecule has 0 saturated carbocycles. The van der Waals surface area contributed by atoms with E-state index in [1.807, 2.05) is 24.3 Å². The number of fused-ring (bicyclic) bond motifs is 1. The molecule has 0 radical (unpaired) electrons. The van der Waals surface area contributed by atoms with Crippen molar-refractivity contribution in [1.29, 1.82) is 0 Å². The second-order valence-corrected chi connectivity index (χ2v) is 9.24. The summed E-state index contributed by atoms with van der Waals surface area (Å²) in [5, 5.41) is 0. The van der Waals surface area contributed by atoms with Crippen molar-refractivity contribution >= 4 is 21.8 Å². The van der Waals surface area contributed by atoms with Crippen LogP contribution in [0.15, 0.2) is 52.3 Å². The zero-order valence-corrected chi connectivity index (χ0v) is 16.4. The van der Waals surface area contributed by atoms with Gasteiger partial charge < -0.3 is 14.2 Å². The summed E-state index contributed by atoms with van der Waals surface area (Å²) >= 11 is 1.64. The van der Waals surface area contributed by atoms with Crippen LogP contribution in [0.2, 0.25) is 0 Å². The van der Waals surface area contributed by atoms with Crippen molar-refractivity contribution in [3.63, 3.8) is 0 Å². The summed E-state index contributed by atoms with van der Waals surface area (Å²) in [7, 11) is -3.47. The predicted molar refractivity (Wildman–Crippen MR) is 103 cm³/mol. The molecule has 6 nitrogen and oxygen atoms in total. The highest BCUT2D eigenvalue weighted by atomic mass is 32.2. The van der Waals surface area contributed by atoms with Crippen LogP contribution < -0.4 is 9.47 Å². The lowest BCUT2D eigenvalue weighted by Crippen LogP contribution is -2.40. The molecule has 1 fully saturated rings. The molecular formula is C19H21NO5S2. The van der Waals surface area contributed by atoms with Crippen LogP contribution in [0.1, 0.15) is 5.56 Å². The number of thioether (sulfide) groups is 1. The van der Waals surface area contributed by atoms with Crippen molar-refractivity contribution in [3.05, 3.63) is 48.0 Å². The van der Waals surface area contributed by atoms with E-state index in [1.54, 1.807) is 30.0 Å². The van der Waals surface area contributed by atoms with Crippen LogP contribution >= 0.6 is 11.8 Å². The molecule has 2 aliphatic rings. The summed E-state index contributed by atoms with van der Waals surface area (Å²) in [6.07, 6.45) is 0. The molecule has 0 unspecified atom stereocenters. The maximum absolute atomic E-state index is 12.8. The Bertz CT molecular complexity index is 910. The third-order valence-electron chi connectivity index (χ3n) is 4.43. The minimum Gasteiger partial charge on any atom is -0.486 e. The maximum atomic E-state index is 12.8. The van der Waals surface area contributed by atoms with Crippen molar-refractivity contribution in [2.75, 3.05) is 39.5 Å². The zero-order chi connectivity index (χ0) is 18.7. The first kappa shape index (κ1) is 18.6. The number of hydrogen-bond donors (Lipinski definition) is 0. The van der Waals surface area contributed by atoms with Gasteiger partial charge in [-0.05, 0) is 35.9 Å². The molecule has 0 amide bonds. The molecule has 0 atom stereocenters. The number of morpholine rings is 1. The Morgan fingerprint density at radius 1 is 0.926 bits per heavy atom. The highest BCUT2D eigenvalue weighted by Crippen LogP contribution is 2.35. The Morgan fingerprint density at radius 3 is 2.52 bits per heavy atom. The molecule has 1 saturated heterocycles. The van der Waals surface area contributed by atoms with Gasteiger partial charge in [0.05, 0.1) is 18.1 Å². The number of rotatable bonds is 5. The highest BCUT2D eigenvalue weighted by molar-refractivity contribution is 7.98. The van der Waals surface area contributed by atoms with Gasteiger partial charge in [0, 0.05) is 23.7 Å². The lowest BCUT2D eigenvalue weighted by atomic mass is 10.2. The van der Waals surface area contributed by atoms with Crippen LogP contribution in [-0.2, 0) is 20.5 Å². The Hall–Kier alpha value is -1.74. The summed E-state index contributed by atoms with van der Waals surface area (Å²) < 4.78 is 43.5. The van der Waals surface area contributed by atoms with Gasteiger partial charge in [-0.1, -0.05) is 12.1 Å². The third kappa shape index (κ3) is 4.24. The van der Waals surface area contributed by atoms with Gasteiger partial charge in [-0.15, -0.1) is 11.8 Å². The standard InChI is InChI=1S/C19H21NO5S2/c21-27(22,20-6-8-23-9-7-20)17-3-1-2-15(12-17)14-26-16-4-5-18-19(13-16)25-11-10-24-18/h1-5,12-13H,6-11,14H2. The average molecular weight is 408 g/mol. The molecule has 0 aliphatic carbocycles. The average Bonchev–Trinajstić information content (AvgIpc) is 2.73. The van der Waals surface area contributed by atoms with Crippen molar-refractivity contribution in [2.24, 2.45) is 0 Å². The van der Waals surface area contributed by atoms with Gasteiger partial charge in [0.15, 0.2) is 11.5 Å². The molecular weight excluding hydrogens is 386 g/mol. The molecule has 0 aromatic heterocycles. The lowest BCUT2D eigenvalue weighted by molar-refractivity contribution is 0.0730. The Kier molecular flexibility index (Phi) is 5.58. The van der Waals surface area contributed by atoms with Crippen molar-refractivity contribution < 1.29 is 22.6 Å². The largest absolute Gasteiger partial charge is 0.486 e. The first-order valence-corrected chi connectivity index (χ1v) is 11.2. The summed E-state index contributed by atoms with van der Waals surface area (Å²) in [6, 6.07) is 13.0. The second-order valence-electron chi connectivity index (χ2n) is 6.26. The van der Waals surface area contributed by atoms with Crippen molar-refractivity contribution in [1.82, 2.24) is 4.31 Å². The second kappa shape index (κ2) is 8.10. The van der Waals surface area contributed by atoms with Crippen LogP contribution in [-0.4, -0.2) is 52.2 Å². The Balaban J connectivity index is 1.46. The molecule has 144 valence electrons. The molecule has 27 heavy (non-hydrogen) atoms. The normalized spacial score (nSPS) is 17.6. The fourth-order valence-corrected chi connectivity index (χ4v) is 5.36. The fraction of sp³-hybridized carbons (Fsp3) is 0.368. The SMILES string of the molecule is O=S(=O)(c1cccc(CSc2ccc3c(c2)OCCO3)c1)N1CCOCC1. The Morgan fingerprint density at radius 2 is 1.70 bits per heavy atom. The zero-order valence-electron chi connectivity index (χ0n) is 14.8. The van der Waals surface area contributed by atoms with E-state index in [4.69, 9.17) is 14.2 Å². The molecule has 2 aromatic rings. The number of nitrogens with zero attached hydrogens (tertiary/aromatic N) is 1. The van der Waals surface area contributed by atoms with Crippen LogP contribution in [0.5, 0.6) is 11.5 Å². The third-order valence-corrected chi connectivity index (χ3v) is 7.38. The first-order valence-electron chi connectivity index (χ1n) is 8.82. The van der Waals surface area contributed by atoms with Crippen LogP contribution in [0.3, 0.4) is 0 Å². The molecule has 0 N–H and O–H groups in total.